The molecule has 0 aromatic heterocycles. The van der Waals surface area contributed by atoms with E-state index >= 15 is 0 Å². The standard InChI is InChI=1S/C27H25FN2O4/c1-33-23-15-11-21(12-16-23)25-8-5-17-29(27(32)34-24-6-3-2-4-7-24)19-26(31)30(25)18-20-9-13-22(28)14-10-20/h2-16,25H,17-19H2,1H3/b8-5-/t25-/m1/s1. The zero-order chi connectivity index (χ0) is 23.9. The lowest BCUT2D eigenvalue weighted by Gasteiger charge is -2.34. The summed E-state index contributed by atoms with van der Waals surface area (Å²) in [6.07, 6.45) is 3.14. The Labute approximate surface area is 197 Å². The number of methoxy groups -OCH3 is 1. The summed E-state index contributed by atoms with van der Waals surface area (Å²) in [6, 6.07) is 21.9. The molecule has 2 amide bonds. The summed E-state index contributed by atoms with van der Waals surface area (Å²) in [5, 5.41) is 0. The molecule has 0 saturated carbocycles. The van der Waals surface area contributed by atoms with E-state index in [4.69, 9.17) is 9.47 Å². The van der Waals surface area contributed by atoms with Gasteiger partial charge in [0.05, 0.1) is 13.2 Å². The number of halogens is 1. The van der Waals surface area contributed by atoms with Crippen molar-refractivity contribution in [1.82, 2.24) is 9.80 Å². The molecule has 0 aliphatic carbocycles. The lowest BCUT2D eigenvalue weighted by molar-refractivity contribution is -0.134. The van der Waals surface area contributed by atoms with Crippen molar-refractivity contribution < 1.29 is 23.5 Å². The van der Waals surface area contributed by atoms with Gasteiger partial charge in [0, 0.05) is 13.1 Å². The SMILES string of the molecule is COc1ccc([C@H]2/C=C\CN(C(=O)Oc3ccccc3)CC(=O)N2Cc2ccc(F)cc2)cc1. The van der Waals surface area contributed by atoms with E-state index in [1.54, 1.807) is 48.4 Å². The van der Waals surface area contributed by atoms with Crippen molar-refractivity contribution in [2.45, 2.75) is 12.6 Å². The van der Waals surface area contributed by atoms with Crippen LogP contribution in [0.4, 0.5) is 9.18 Å². The van der Waals surface area contributed by atoms with Gasteiger partial charge in [-0.3, -0.25) is 9.69 Å². The van der Waals surface area contributed by atoms with E-state index in [2.05, 4.69) is 0 Å². The molecule has 0 N–H and O–H groups in total. The van der Waals surface area contributed by atoms with Crippen LogP contribution in [0.5, 0.6) is 11.5 Å². The van der Waals surface area contributed by atoms with Crippen molar-refractivity contribution in [1.29, 1.82) is 0 Å². The Hall–Kier alpha value is -4.13. The molecule has 4 rings (SSSR count). The Morgan fingerprint density at radius 1 is 0.971 bits per heavy atom. The molecule has 6 nitrogen and oxygen atoms in total. The lowest BCUT2D eigenvalue weighted by Crippen LogP contribution is -2.46. The highest BCUT2D eigenvalue weighted by Gasteiger charge is 2.29. The van der Waals surface area contributed by atoms with E-state index in [0.717, 1.165) is 11.1 Å². The second kappa shape index (κ2) is 10.7. The van der Waals surface area contributed by atoms with Gasteiger partial charge in [-0.1, -0.05) is 54.6 Å². The van der Waals surface area contributed by atoms with E-state index in [1.807, 2.05) is 42.5 Å². The van der Waals surface area contributed by atoms with Crippen LogP contribution in [0.3, 0.4) is 0 Å². The third kappa shape index (κ3) is 5.61. The number of hydrogen-bond donors (Lipinski definition) is 0. The quantitative estimate of drug-likeness (QED) is 0.504. The number of hydrogen-bond acceptors (Lipinski definition) is 4. The Morgan fingerprint density at radius 3 is 2.35 bits per heavy atom. The summed E-state index contributed by atoms with van der Waals surface area (Å²) in [5.41, 5.74) is 1.67. The topological polar surface area (TPSA) is 59.1 Å². The van der Waals surface area contributed by atoms with Crippen LogP contribution in [-0.2, 0) is 11.3 Å². The molecule has 0 bridgehead atoms. The van der Waals surface area contributed by atoms with Crippen LogP contribution in [0, 0.1) is 5.82 Å². The van der Waals surface area contributed by atoms with Crippen molar-refractivity contribution in [3.63, 3.8) is 0 Å². The monoisotopic (exact) mass is 460 g/mol. The minimum atomic E-state index is -0.603. The van der Waals surface area contributed by atoms with Crippen molar-refractivity contribution in [2.24, 2.45) is 0 Å². The number of carbonyl (C=O) groups is 2. The van der Waals surface area contributed by atoms with Crippen molar-refractivity contribution >= 4 is 12.0 Å². The van der Waals surface area contributed by atoms with Crippen LogP contribution in [-0.4, -0.2) is 42.0 Å². The predicted octanol–water partition coefficient (Wildman–Crippen LogP) is 4.98. The normalized spacial score (nSPS) is 17.0. The largest absolute Gasteiger partial charge is 0.497 e. The average Bonchev–Trinajstić information content (AvgIpc) is 2.85. The molecule has 3 aromatic carbocycles. The van der Waals surface area contributed by atoms with Gasteiger partial charge >= 0.3 is 6.09 Å². The fraction of sp³-hybridized carbons (Fsp3) is 0.185. The summed E-state index contributed by atoms with van der Waals surface area (Å²) < 4.78 is 24.1. The molecule has 0 unspecified atom stereocenters. The third-order valence-corrected chi connectivity index (χ3v) is 5.56. The van der Waals surface area contributed by atoms with E-state index in [1.165, 1.54) is 17.0 Å². The fourth-order valence-corrected chi connectivity index (χ4v) is 3.75. The highest BCUT2D eigenvalue weighted by molar-refractivity contribution is 5.84. The minimum absolute atomic E-state index is 0.149. The summed E-state index contributed by atoms with van der Waals surface area (Å²) in [5.74, 6) is 0.527. The van der Waals surface area contributed by atoms with Gasteiger partial charge in [-0.05, 0) is 47.5 Å². The Morgan fingerprint density at radius 2 is 1.68 bits per heavy atom. The molecule has 0 saturated heterocycles. The number of rotatable bonds is 5. The Bertz CT molecular complexity index is 1150. The number of amides is 2. The Balaban J connectivity index is 1.61. The molecular formula is C27H25FN2O4. The van der Waals surface area contributed by atoms with Crippen molar-refractivity contribution in [3.8, 4) is 11.5 Å². The highest BCUT2D eigenvalue weighted by Crippen LogP contribution is 2.28. The molecular weight excluding hydrogens is 435 g/mol. The number of benzene rings is 3. The second-order valence-electron chi connectivity index (χ2n) is 7.86. The van der Waals surface area contributed by atoms with Crippen LogP contribution >= 0.6 is 0 Å². The molecule has 1 heterocycles. The van der Waals surface area contributed by atoms with Gasteiger partial charge in [-0.25, -0.2) is 9.18 Å². The molecule has 0 spiro atoms. The predicted molar refractivity (Wildman–Crippen MR) is 126 cm³/mol. The first kappa shape index (κ1) is 23.0. The van der Waals surface area contributed by atoms with Crippen molar-refractivity contribution in [3.05, 3.63) is 108 Å². The molecule has 3 aromatic rings. The van der Waals surface area contributed by atoms with E-state index in [9.17, 15) is 14.0 Å². The van der Waals surface area contributed by atoms with E-state index < -0.39 is 6.09 Å². The first-order valence-electron chi connectivity index (χ1n) is 10.9. The molecule has 0 radical (unpaired) electrons. The molecule has 174 valence electrons. The van der Waals surface area contributed by atoms with Gasteiger partial charge < -0.3 is 14.4 Å². The maximum absolute atomic E-state index is 13.5. The maximum atomic E-state index is 13.5. The van der Waals surface area contributed by atoms with Crippen LogP contribution in [0.25, 0.3) is 0 Å². The molecule has 7 heteroatoms. The molecule has 1 aliphatic heterocycles. The van der Waals surface area contributed by atoms with Gasteiger partial charge in [-0.2, -0.15) is 0 Å². The van der Waals surface area contributed by atoms with E-state index in [-0.39, 0.29) is 37.4 Å². The molecule has 1 atom stereocenters. The molecule has 0 fully saturated rings. The van der Waals surface area contributed by atoms with Crippen LogP contribution in [0.1, 0.15) is 17.2 Å². The maximum Gasteiger partial charge on any atom is 0.415 e. The summed E-state index contributed by atoms with van der Waals surface area (Å²) in [4.78, 5) is 29.2. The Kier molecular flexibility index (Phi) is 7.22. The number of ether oxygens (including phenoxy) is 2. The number of nitrogens with zero attached hydrogens (tertiary/aromatic N) is 2. The number of carbonyl (C=O) groups excluding carboxylic acids is 2. The zero-order valence-electron chi connectivity index (χ0n) is 18.8. The smallest absolute Gasteiger partial charge is 0.415 e. The minimum Gasteiger partial charge on any atom is -0.497 e. The van der Waals surface area contributed by atoms with Crippen LogP contribution in [0.15, 0.2) is 91.0 Å². The van der Waals surface area contributed by atoms with Crippen molar-refractivity contribution in [2.75, 3.05) is 20.2 Å². The van der Waals surface area contributed by atoms with Crippen LogP contribution < -0.4 is 9.47 Å². The highest BCUT2D eigenvalue weighted by atomic mass is 19.1. The zero-order valence-corrected chi connectivity index (χ0v) is 18.8. The third-order valence-electron chi connectivity index (χ3n) is 5.56. The van der Waals surface area contributed by atoms with Gasteiger partial charge in [0.1, 0.15) is 23.9 Å². The first-order chi connectivity index (χ1) is 16.5. The van der Waals surface area contributed by atoms with Gasteiger partial charge in [0.25, 0.3) is 0 Å². The number of para-hydroxylation sites is 1. The molecule has 34 heavy (non-hydrogen) atoms. The first-order valence-corrected chi connectivity index (χ1v) is 10.9. The summed E-state index contributed by atoms with van der Waals surface area (Å²) in [6.45, 7) is 0.333. The van der Waals surface area contributed by atoms with Gasteiger partial charge in [-0.15, -0.1) is 0 Å². The summed E-state index contributed by atoms with van der Waals surface area (Å²) in [7, 11) is 1.60. The van der Waals surface area contributed by atoms with Gasteiger partial charge in [0.2, 0.25) is 5.91 Å². The summed E-state index contributed by atoms with van der Waals surface area (Å²) >= 11 is 0. The van der Waals surface area contributed by atoms with Crippen LogP contribution in [0.2, 0.25) is 0 Å². The second-order valence-corrected chi connectivity index (χ2v) is 7.86. The van der Waals surface area contributed by atoms with E-state index in [0.29, 0.717) is 11.5 Å². The van der Waals surface area contributed by atoms with Gasteiger partial charge in [0.15, 0.2) is 0 Å². The average molecular weight is 461 g/mol. The lowest BCUT2D eigenvalue weighted by atomic mass is 10.0. The molecule has 1 aliphatic rings. The fourth-order valence-electron chi connectivity index (χ4n) is 3.75.